The molecule has 0 fully saturated rings. The van der Waals surface area contributed by atoms with E-state index in [0.29, 0.717) is 5.04 Å². The summed E-state index contributed by atoms with van der Waals surface area (Å²) in [4.78, 5) is 11.7. The Hall–Kier alpha value is -2.90. The normalized spacial score (nSPS) is 19.6. The summed E-state index contributed by atoms with van der Waals surface area (Å²) in [6, 6.07) is 26.3. The summed E-state index contributed by atoms with van der Waals surface area (Å²) in [6.07, 6.45) is 0.791. The van der Waals surface area contributed by atoms with Crippen molar-refractivity contribution in [1.29, 1.82) is 0 Å². The molecule has 0 radical (unpaired) electrons. The number of Topliss-reactive ketones (excluding diaryl/α,β-unsaturated/α-hetero) is 1. The minimum Gasteiger partial charge on any atom is -0.292 e. The Kier molecular flexibility index (Phi) is 5.39. The summed E-state index contributed by atoms with van der Waals surface area (Å²) < 4.78 is 0.980. The summed E-state index contributed by atoms with van der Waals surface area (Å²) >= 11 is 4.96. The number of nitrogens with zero attached hydrogens (tertiary/aromatic N) is 4. The topological polar surface area (TPSA) is 48.3 Å². The maximum Gasteiger partial charge on any atom is 0.234 e. The second-order valence-electron chi connectivity index (χ2n) is 7.55. The molecule has 2 aliphatic rings. The van der Waals surface area contributed by atoms with Gasteiger partial charge in [0.05, 0.1) is 17.1 Å². The summed E-state index contributed by atoms with van der Waals surface area (Å²) in [5.74, 6) is -0.0650. The largest absolute Gasteiger partial charge is 0.292 e. The molecule has 0 saturated carbocycles. The van der Waals surface area contributed by atoms with Crippen molar-refractivity contribution in [1.82, 2.24) is 0 Å². The van der Waals surface area contributed by atoms with Gasteiger partial charge in [-0.25, -0.2) is 10.0 Å². The molecule has 0 saturated heterocycles. The monoisotopic (exact) mass is 504 g/mol. The van der Waals surface area contributed by atoms with Crippen LogP contribution >= 0.6 is 27.7 Å². The smallest absolute Gasteiger partial charge is 0.234 e. The molecule has 0 unspecified atom stereocenters. The van der Waals surface area contributed by atoms with Crippen LogP contribution in [0, 0.1) is 0 Å². The first-order valence-corrected chi connectivity index (χ1v) is 12.0. The lowest BCUT2D eigenvalue weighted by molar-refractivity contribution is -0.110. The molecule has 2 heterocycles. The SMILES string of the molecule is CCC1=NN(c2ccccc2)[C@]2(SC(C(C)=O)=NN2c2ccc(Br)cc2)c2ccccc21. The summed E-state index contributed by atoms with van der Waals surface area (Å²) in [7, 11) is 0. The Labute approximate surface area is 199 Å². The Balaban J connectivity index is 1.81. The van der Waals surface area contributed by atoms with Crippen LogP contribution < -0.4 is 10.0 Å². The zero-order chi connectivity index (χ0) is 22.3. The van der Waals surface area contributed by atoms with Crippen LogP contribution in [0.15, 0.2) is 93.5 Å². The van der Waals surface area contributed by atoms with Crippen molar-refractivity contribution in [3.8, 4) is 0 Å². The van der Waals surface area contributed by atoms with E-state index in [1.165, 1.54) is 11.8 Å². The predicted octanol–water partition coefficient (Wildman–Crippen LogP) is 6.35. The van der Waals surface area contributed by atoms with E-state index in [9.17, 15) is 4.79 Å². The molecule has 32 heavy (non-hydrogen) atoms. The van der Waals surface area contributed by atoms with Crippen molar-refractivity contribution in [2.45, 2.75) is 25.3 Å². The van der Waals surface area contributed by atoms with Gasteiger partial charge in [0.1, 0.15) is 0 Å². The first-order chi connectivity index (χ1) is 15.5. The summed E-state index contributed by atoms with van der Waals surface area (Å²) in [5, 5.41) is 14.4. The second kappa shape index (κ2) is 8.22. The number of ketones is 1. The number of benzene rings is 3. The molecule has 5 rings (SSSR count). The number of hydrogen-bond donors (Lipinski definition) is 0. The number of fused-ring (bicyclic) bond motifs is 2. The minimum atomic E-state index is -0.870. The van der Waals surface area contributed by atoms with Crippen LogP contribution in [-0.4, -0.2) is 16.5 Å². The molecule has 0 bridgehead atoms. The van der Waals surface area contributed by atoms with Gasteiger partial charge in [-0.2, -0.15) is 10.2 Å². The third-order valence-electron chi connectivity index (χ3n) is 5.52. The number of hydrogen-bond acceptors (Lipinski definition) is 6. The minimum absolute atomic E-state index is 0.0650. The highest BCUT2D eigenvalue weighted by molar-refractivity contribution is 9.10. The van der Waals surface area contributed by atoms with E-state index in [1.54, 1.807) is 6.92 Å². The molecule has 5 nitrogen and oxygen atoms in total. The van der Waals surface area contributed by atoms with Crippen molar-refractivity contribution in [3.63, 3.8) is 0 Å². The third kappa shape index (κ3) is 3.27. The van der Waals surface area contributed by atoms with Gasteiger partial charge in [0.15, 0.2) is 10.8 Å². The highest BCUT2D eigenvalue weighted by Gasteiger charge is 2.55. The molecule has 2 aliphatic heterocycles. The molecular formula is C25H21BrN4OS. The first-order valence-electron chi connectivity index (χ1n) is 10.4. The molecule has 0 aliphatic carbocycles. The van der Waals surface area contributed by atoms with Gasteiger partial charge in [0, 0.05) is 22.5 Å². The number of hydrazone groups is 2. The lowest BCUT2D eigenvalue weighted by Crippen LogP contribution is -2.53. The van der Waals surface area contributed by atoms with Crippen molar-refractivity contribution < 1.29 is 4.79 Å². The van der Waals surface area contributed by atoms with Crippen LogP contribution in [0.3, 0.4) is 0 Å². The Morgan fingerprint density at radius 2 is 1.53 bits per heavy atom. The van der Waals surface area contributed by atoms with Crippen LogP contribution in [0.5, 0.6) is 0 Å². The Bertz CT molecular complexity index is 1240. The number of para-hydroxylation sites is 1. The van der Waals surface area contributed by atoms with Crippen LogP contribution in [0.2, 0.25) is 0 Å². The number of carbonyl (C=O) groups excluding carboxylic acids is 1. The van der Waals surface area contributed by atoms with E-state index < -0.39 is 4.99 Å². The summed E-state index contributed by atoms with van der Waals surface area (Å²) in [5.41, 5.74) is 4.95. The molecule has 0 N–H and O–H groups in total. The van der Waals surface area contributed by atoms with E-state index in [1.807, 2.05) is 76.7 Å². The number of carbonyl (C=O) groups is 1. The van der Waals surface area contributed by atoms with Crippen molar-refractivity contribution in [2.24, 2.45) is 10.2 Å². The maximum absolute atomic E-state index is 12.5. The third-order valence-corrected chi connectivity index (χ3v) is 7.46. The average molecular weight is 505 g/mol. The average Bonchev–Trinajstić information content (AvgIpc) is 3.22. The fourth-order valence-electron chi connectivity index (χ4n) is 4.05. The van der Waals surface area contributed by atoms with Gasteiger partial charge in [-0.05, 0) is 54.6 Å². The van der Waals surface area contributed by atoms with Gasteiger partial charge in [-0.15, -0.1) is 0 Å². The first kappa shape index (κ1) is 21.0. The molecule has 1 atom stereocenters. The van der Waals surface area contributed by atoms with Gasteiger partial charge in [-0.1, -0.05) is 65.3 Å². The van der Waals surface area contributed by atoms with Crippen molar-refractivity contribution in [3.05, 3.63) is 94.5 Å². The predicted molar refractivity (Wildman–Crippen MR) is 136 cm³/mol. The van der Waals surface area contributed by atoms with E-state index in [2.05, 4.69) is 35.0 Å². The van der Waals surface area contributed by atoms with Gasteiger partial charge < -0.3 is 0 Å². The number of halogens is 1. The lowest BCUT2D eigenvalue weighted by atomic mass is 9.96. The zero-order valence-electron chi connectivity index (χ0n) is 17.7. The molecule has 3 aromatic carbocycles. The molecule has 1 spiro atoms. The van der Waals surface area contributed by atoms with Gasteiger partial charge in [0.25, 0.3) is 0 Å². The van der Waals surface area contributed by atoms with Crippen molar-refractivity contribution in [2.75, 3.05) is 10.0 Å². The van der Waals surface area contributed by atoms with Crippen LogP contribution in [0.25, 0.3) is 0 Å². The fourth-order valence-corrected chi connectivity index (χ4v) is 5.61. The Morgan fingerprint density at radius 3 is 2.22 bits per heavy atom. The standard InChI is InChI=1S/C25H21BrN4OS/c1-3-23-21-11-7-8-12-22(21)25(29(27-23)19-9-5-4-6-10-19)30(28-24(32-25)17(2)31)20-15-13-18(26)14-16-20/h4-16H,3H2,1-2H3/t25-/m1/s1. The summed E-state index contributed by atoms with van der Waals surface area (Å²) in [6.45, 7) is 3.68. The molecule has 160 valence electrons. The zero-order valence-corrected chi connectivity index (χ0v) is 20.1. The molecule has 0 amide bonds. The molecule has 3 aromatic rings. The van der Waals surface area contributed by atoms with E-state index in [0.717, 1.165) is 39.1 Å². The number of anilines is 2. The van der Waals surface area contributed by atoms with E-state index in [4.69, 9.17) is 10.2 Å². The van der Waals surface area contributed by atoms with Crippen LogP contribution in [-0.2, 0) is 9.79 Å². The quantitative estimate of drug-likeness (QED) is 0.415. The fraction of sp³-hybridized carbons (Fsp3) is 0.160. The molecule has 7 heteroatoms. The maximum atomic E-state index is 12.5. The van der Waals surface area contributed by atoms with Crippen molar-refractivity contribution >= 4 is 55.6 Å². The second-order valence-corrected chi connectivity index (χ2v) is 9.63. The molecular weight excluding hydrogens is 484 g/mol. The van der Waals surface area contributed by atoms with E-state index in [-0.39, 0.29) is 5.78 Å². The van der Waals surface area contributed by atoms with E-state index >= 15 is 0 Å². The highest BCUT2D eigenvalue weighted by atomic mass is 79.9. The Morgan fingerprint density at radius 1 is 0.906 bits per heavy atom. The van der Waals surface area contributed by atoms with Gasteiger partial charge >= 0.3 is 0 Å². The molecule has 0 aromatic heterocycles. The number of thioether (sulfide) groups is 1. The van der Waals surface area contributed by atoms with Gasteiger partial charge in [-0.3, -0.25) is 4.79 Å². The van der Waals surface area contributed by atoms with Crippen LogP contribution in [0.4, 0.5) is 11.4 Å². The lowest BCUT2D eigenvalue weighted by Gasteiger charge is -2.47. The number of rotatable bonds is 4. The highest BCUT2D eigenvalue weighted by Crippen LogP contribution is 2.54. The van der Waals surface area contributed by atoms with Gasteiger partial charge in [0.2, 0.25) is 4.99 Å². The van der Waals surface area contributed by atoms with Crippen LogP contribution in [0.1, 0.15) is 31.4 Å².